The van der Waals surface area contributed by atoms with Gasteiger partial charge in [-0.05, 0) is 35.7 Å². The second-order valence-electron chi connectivity index (χ2n) is 6.49. The smallest absolute Gasteiger partial charge is 0.336 e. The number of para-hydroxylation sites is 2. The summed E-state index contributed by atoms with van der Waals surface area (Å²) in [6, 6.07) is 11.0. The molecule has 2 aromatic heterocycles. The number of thiophene rings is 1. The lowest BCUT2D eigenvalue weighted by Gasteiger charge is -2.14. The average molecular weight is 443 g/mol. The van der Waals surface area contributed by atoms with E-state index in [1.54, 1.807) is 35.7 Å². The average Bonchev–Trinajstić information content (AvgIpc) is 3.24. The fourth-order valence-electron chi connectivity index (χ4n) is 3.19. The van der Waals surface area contributed by atoms with E-state index in [2.05, 4.69) is 5.32 Å². The third-order valence-corrected chi connectivity index (χ3v) is 5.48. The number of rotatable bonds is 5. The van der Waals surface area contributed by atoms with Crippen LogP contribution in [-0.2, 0) is 11.3 Å². The van der Waals surface area contributed by atoms with Crippen LogP contribution >= 0.6 is 11.3 Å². The Balaban J connectivity index is 1.80. The van der Waals surface area contributed by atoms with E-state index in [1.807, 2.05) is 0 Å². The van der Waals surface area contributed by atoms with E-state index < -0.39 is 35.3 Å². The highest BCUT2D eigenvalue weighted by atomic mass is 32.1. The van der Waals surface area contributed by atoms with Crippen molar-refractivity contribution < 1.29 is 18.3 Å². The maximum atomic E-state index is 13.4. The van der Waals surface area contributed by atoms with E-state index >= 15 is 0 Å². The Morgan fingerprint density at radius 1 is 1.10 bits per heavy atom. The number of nitrogens with zero attached hydrogens (tertiary/aromatic N) is 2. The van der Waals surface area contributed by atoms with Crippen molar-refractivity contribution in [2.45, 2.75) is 6.54 Å². The number of fused-ring (bicyclic) bond motifs is 1. The molecule has 1 N–H and O–H groups in total. The van der Waals surface area contributed by atoms with Gasteiger partial charge in [0.2, 0.25) is 5.91 Å². The predicted molar refractivity (Wildman–Crippen MR) is 113 cm³/mol. The van der Waals surface area contributed by atoms with Crippen LogP contribution in [0.3, 0.4) is 0 Å². The Morgan fingerprint density at radius 2 is 1.87 bits per heavy atom. The molecule has 0 saturated carbocycles. The molecule has 0 aliphatic heterocycles. The molecular weight excluding hydrogens is 428 g/mol. The molecule has 0 saturated heterocycles. The van der Waals surface area contributed by atoms with Gasteiger partial charge in [0.15, 0.2) is 11.6 Å². The molecular formula is C21H15F2N3O4S. The van der Waals surface area contributed by atoms with Gasteiger partial charge in [0, 0.05) is 11.8 Å². The third kappa shape index (κ3) is 3.73. The van der Waals surface area contributed by atoms with Crippen LogP contribution in [0, 0.1) is 11.6 Å². The second-order valence-corrected chi connectivity index (χ2v) is 7.41. The fourth-order valence-corrected chi connectivity index (χ4v) is 4.01. The van der Waals surface area contributed by atoms with Crippen molar-refractivity contribution in [2.24, 2.45) is 0 Å². The Morgan fingerprint density at radius 3 is 2.61 bits per heavy atom. The lowest BCUT2D eigenvalue weighted by atomic mass is 10.3. The Hall–Kier alpha value is -3.79. The van der Waals surface area contributed by atoms with Crippen molar-refractivity contribution in [2.75, 3.05) is 12.4 Å². The molecule has 0 unspecified atom stereocenters. The van der Waals surface area contributed by atoms with E-state index in [9.17, 15) is 23.2 Å². The summed E-state index contributed by atoms with van der Waals surface area (Å²) < 4.78 is 34.2. The van der Waals surface area contributed by atoms with Crippen LogP contribution in [0.4, 0.5) is 14.5 Å². The van der Waals surface area contributed by atoms with Crippen LogP contribution in [0.1, 0.15) is 0 Å². The molecule has 10 heteroatoms. The number of carbonyl (C=O) groups is 1. The number of amides is 1. The monoisotopic (exact) mass is 443 g/mol. The highest BCUT2D eigenvalue weighted by Crippen LogP contribution is 2.22. The Kier molecular flexibility index (Phi) is 5.38. The van der Waals surface area contributed by atoms with E-state index in [0.29, 0.717) is 11.3 Å². The van der Waals surface area contributed by atoms with Gasteiger partial charge in [0.25, 0.3) is 5.56 Å². The van der Waals surface area contributed by atoms with E-state index in [4.69, 9.17) is 4.74 Å². The first-order valence-electron chi connectivity index (χ1n) is 9.02. The van der Waals surface area contributed by atoms with Crippen LogP contribution in [0.5, 0.6) is 5.75 Å². The number of benzene rings is 2. The van der Waals surface area contributed by atoms with Gasteiger partial charge < -0.3 is 10.1 Å². The summed E-state index contributed by atoms with van der Waals surface area (Å²) in [7, 11) is 1.42. The van der Waals surface area contributed by atoms with E-state index in [0.717, 1.165) is 32.6 Å². The number of ether oxygens (including phenoxy) is 1. The van der Waals surface area contributed by atoms with Gasteiger partial charge in [0.05, 0.1) is 18.3 Å². The molecule has 2 aromatic carbocycles. The molecule has 0 radical (unpaired) electrons. The Labute approximate surface area is 177 Å². The van der Waals surface area contributed by atoms with E-state index in [-0.39, 0.29) is 16.1 Å². The van der Waals surface area contributed by atoms with Gasteiger partial charge in [-0.1, -0.05) is 12.1 Å². The van der Waals surface area contributed by atoms with Gasteiger partial charge in [-0.15, -0.1) is 11.3 Å². The summed E-state index contributed by atoms with van der Waals surface area (Å²) in [5.41, 5.74) is -0.689. The normalized spacial score (nSPS) is 10.9. The zero-order valence-corrected chi connectivity index (χ0v) is 16.9. The second kappa shape index (κ2) is 8.15. The zero-order chi connectivity index (χ0) is 22.1. The highest BCUT2D eigenvalue weighted by molar-refractivity contribution is 7.17. The maximum absolute atomic E-state index is 13.4. The first-order valence-corrected chi connectivity index (χ1v) is 9.90. The van der Waals surface area contributed by atoms with Crippen molar-refractivity contribution in [3.8, 4) is 11.4 Å². The number of hydrogen-bond acceptors (Lipinski definition) is 5. The first kappa shape index (κ1) is 20.5. The van der Waals surface area contributed by atoms with Gasteiger partial charge in [-0.2, -0.15) is 0 Å². The molecule has 4 aromatic rings. The number of hydrogen-bond donors (Lipinski definition) is 1. The number of halogens is 2. The standard InChI is InChI=1S/C21H15F2N3O4S/c1-30-17-5-3-2-4-15(17)26-20(28)19-16(8-9-31-19)25(21(26)29)11-18(27)24-12-6-7-13(22)14(23)10-12/h2-10H,11H2,1H3,(H,24,27). The molecule has 0 atom stereocenters. The zero-order valence-electron chi connectivity index (χ0n) is 16.1. The summed E-state index contributed by atoms with van der Waals surface area (Å²) in [4.78, 5) is 38.8. The molecule has 4 rings (SSSR count). The van der Waals surface area contributed by atoms with Crippen LogP contribution in [-0.4, -0.2) is 22.2 Å². The van der Waals surface area contributed by atoms with E-state index in [1.165, 1.54) is 13.2 Å². The summed E-state index contributed by atoms with van der Waals surface area (Å²) in [5.74, 6) is -2.49. The molecule has 1 amide bonds. The molecule has 2 heterocycles. The topological polar surface area (TPSA) is 82.3 Å². The largest absolute Gasteiger partial charge is 0.495 e. The minimum Gasteiger partial charge on any atom is -0.495 e. The number of aromatic nitrogens is 2. The molecule has 31 heavy (non-hydrogen) atoms. The fraction of sp³-hybridized carbons (Fsp3) is 0.0952. The molecule has 158 valence electrons. The van der Waals surface area contributed by atoms with Gasteiger partial charge in [-0.25, -0.2) is 18.1 Å². The van der Waals surface area contributed by atoms with Gasteiger partial charge in [-0.3, -0.25) is 14.2 Å². The molecule has 0 aliphatic rings. The summed E-state index contributed by atoms with van der Waals surface area (Å²) >= 11 is 1.14. The van der Waals surface area contributed by atoms with Crippen molar-refractivity contribution >= 4 is 33.1 Å². The molecule has 0 spiro atoms. The predicted octanol–water partition coefficient (Wildman–Crippen LogP) is 3.14. The number of nitrogens with one attached hydrogen (secondary N) is 1. The first-order chi connectivity index (χ1) is 14.9. The van der Waals surface area contributed by atoms with Crippen molar-refractivity contribution in [3.63, 3.8) is 0 Å². The lowest BCUT2D eigenvalue weighted by Crippen LogP contribution is -2.40. The van der Waals surface area contributed by atoms with Crippen LogP contribution in [0.15, 0.2) is 63.5 Å². The maximum Gasteiger partial charge on any atom is 0.336 e. The minimum absolute atomic E-state index is 0.0385. The van der Waals surface area contributed by atoms with Crippen LogP contribution < -0.4 is 21.3 Å². The van der Waals surface area contributed by atoms with Gasteiger partial charge in [0.1, 0.15) is 17.0 Å². The number of anilines is 1. The van der Waals surface area contributed by atoms with Crippen molar-refractivity contribution in [3.05, 3.63) is 86.4 Å². The molecule has 0 fully saturated rings. The van der Waals surface area contributed by atoms with Crippen molar-refractivity contribution in [1.29, 1.82) is 0 Å². The number of methoxy groups -OCH3 is 1. The molecule has 0 bridgehead atoms. The van der Waals surface area contributed by atoms with Crippen LogP contribution in [0.2, 0.25) is 0 Å². The summed E-state index contributed by atoms with van der Waals surface area (Å²) in [6.07, 6.45) is 0. The minimum atomic E-state index is -1.11. The van der Waals surface area contributed by atoms with Crippen molar-refractivity contribution in [1.82, 2.24) is 9.13 Å². The Bertz CT molecular complexity index is 1420. The number of carbonyl (C=O) groups excluding carboxylic acids is 1. The summed E-state index contributed by atoms with van der Waals surface area (Å²) in [6.45, 7) is -0.444. The quantitative estimate of drug-likeness (QED) is 0.514. The SMILES string of the molecule is COc1ccccc1-n1c(=O)c2sccc2n(CC(=O)Nc2ccc(F)c(F)c2)c1=O. The highest BCUT2D eigenvalue weighted by Gasteiger charge is 2.19. The third-order valence-electron chi connectivity index (χ3n) is 4.59. The molecule has 0 aliphatic carbocycles. The molecule has 7 nitrogen and oxygen atoms in total. The lowest BCUT2D eigenvalue weighted by molar-refractivity contribution is -0.116. The van der Waals surface area contributed by atoms with Gasteiger partial charge >= 0.3 is 5.69 Å². The summed E-state index contributed by atoms with van der Waals surface area (Å²) in [5, 5.41) is 4.07. The van der Waals surface area contributed by atoms with Crippen LogP contribution in [0.25, 0.3) is 15.9 Å².